The van der Waals surface area contributed by atoms with Crippen LogP contribution in [-0.4, -0.2) is 22.2 Å². The lowest BCUT2D eigenvalue weighted by atomic mass is 10.4. The molecule has 0 bridgehead atoms. The minimum Gasteiger partial charge on any atom is -0.373 e. The lowest BCUT2D eigenvalue weighted by Gasteiger charge is -2.04. The molecular weight excluding hydrogens is 206 g/mol. The first-order valence-electron chi connectivity index (χ1n) is 4.96. The van der Waals surface area contributed by atoms with Crippen molar-refractivity contribution in [2.24, 2.45) is 0 Å². The van der Waals surface area contributed by atoms with Gasteiger partial charge in [0.1, 0.15) is 11.6 Å². The van der Waals surface area contributed by atoms with Crippen molar-refractivity contribution in [2.45, 2.75) is 13.5 Å². The van der Waals surface area contributed by atoms with Crippen molar-refractivity contribution in [3.8, 4) is 0 Å². The van der Waals surface area contributed by atoms with Crippen LogP contribution in [0, 0.1) is 6.92 Å². The number of hydrogen-bond donors (Lipinski definition) is 2. The Morgan fingerprint density at radius 2 is 2.06 bits per heavy atom. The van der Waals surface area contributed by atoms with Crippen molar-refractivity contribution in [1.82, 2.24) is 15.1 Å². The first-order chi connectivity index (χ1) is 7.78. The summed E-state index contributed by atoms with van der Waals surface area (Å²) in [7, 11) is 1.83. The lowest BCUT2D eigenvalue weighted by Crippen LogP contribution is -2.04. The van der Waals surface area contributed by atoms with Crippen LogP contribution in [0.4, 0.5) is 11.6 Å². The van der Waals surface area contributed by atoms with Gasteiger partial charge in [-0.2, -0.15) is 4.98 Å². The van der Waals surface area contributed by atoms with Crippen LogP contribution in [0.15, 0.2) is 22.7 Å². The summed E-state index contributed by atoms with van der Waals surface area (Å²) < 4.78 is 4.86. The number of aryl methyl sites for hydroxylation is 1. The Morgan fingerprint density at radius 1 is 1.25 bits per heavy atom. The smallest absolute Gasteiger partial charge is 0.223 e. The van der Waals surface area contributed by atoms with Gasteiger partial charge >= 0.3 is 0 Å². The maximum absolute atomic E-state index is 4.86. The summed E-state index contributed by atoms with van der Waals surface area (Å²) in [5, 5.41) is 9.86. The SMILES string of the molecule is CNc1cccc(NCc2noc(C)n2)n1. The fourth-order valence-electron chi connectivity index (χ4n) is 1.26. The van der Waals surface area contributed by atoms with E-state index in [1.54, 1.807) is 6.92 Å². The van der Waals surface area contributed by atoms with Crippen LogP contribution < -0.4 is 10.6 Å². The minimum atomic E-state index is 0.498. The zero-order valence-corrected chi connectivity index (χ0v) is 9.19. The molecule has 0 radical (unpaired) electrons. The summed E-state index contributed by atoms with van der Waals surface area (Å²) in [5.74, 6) is 2.77. The molecule has 0 aliphatic heterocycles. The zero-order chi connectivity index (χ0) is 11.4. The highest BCUT2D eigenvalue weighted by Crippen LogP contribution is 2.09. The van der Waals surface area contributed by atoms with Gasteiger partial charge in [-0.1, -0.05) is 11.2 Å². The average Bonchev–Trinajstić information content (AvgIpc) is 2.73. The summed E-state index contributed by atoms with van der Waals surface area (Å²) >= 11 is 0. The molecule has 0 aliphatic carbocycles. The van der Waals surface area contributed by atoms with Gasteiger partial charge in [-0.3, -0.25) is 0 Å². The first kappa shape index (κ1) is 10.4. The molecule has 2 aromatic heterocycles. The van der Waals surface area contributed by atoms with E-state index in [-0.39, 0.29) is 0 Å². The number of rotatable bonds is 4. The zero-order valence-electron chi connectivity index (χ0n) is 9.19. The molecule has 6 heteroatoms. The van der Waals surface area contributed by atoms with Crippen molar-refractivity contribution in [3.63, 3.8) is 0 Å². The van der Waals surface area contributed by atoms with Gasteiger partial charge in [-0.15, -0.1) is 0 Å². The van der Waals surface area contributed by atoms with Gasteiger partial charge < -0.3 is 15.2 Å². The van der Waals surface area contributed by atoms with Gasteiger partial charge in [0, 0.05) is 14.0 Å². The molecule has 0 saturated carbocycles. The van der Waals surface area contributed by atoms with Gasteiger partial charge in [-0.05, 0) is 12.1 Å². The predicted molar refractivity (Wildman–Crippen MR) is 60.1 cm³/mol. The molecule has 0 spiro atoms. The van der Waals surface area contributed by atoms with Gasteiger partial charge in [0.2, 0.25) is 5.89 Å². The molecule has 0 aliphatic rings. The molecule has 2 N–H and O–H groups in total. The third-order valence-corrected chi connectivity index (χ3v) is 2.00. The highest BCUT2D eigenvalue weighted by atomic mass is 16.5. The third-order valence-electron chi connectivity index (χ3n) is 2.00. The molecule has 0 amide bonds. The van der Waals surface area contributed by atoms with Crippen molar-refractivity contribution in [3.05, 3.63) is 29.9 Å². The van der Waals surface area contributed by atoms with Crippen LogP contribution in [0.2, 0.25) is 0 Å². The maximum Gasteiger partial charge on any atom is 0.223 e. The second kappa shape index (κ2) is 4.61. The van der Waals surface area contributed by atoms with Crippen LogP contribution in [0.3, 0.4) is 0 Å². The van der Waals surface area contributed by atoms with Crippen molar-refractivity contribution >= 4 is 11.6 Å². The Balaban J connectivity index is 1.99. The van der Waals surface area contributed by atoms with E-state index in [4.69, 9.17) is 4.52 Å². The molecule has 0 fully saturated rings. The number of aromatic nitrogens is 3. The molecule has 6 nitrogen and oxygen atoms in total. The highest BCUT2D eigenvalue weighted by Gasteiger charge is 2.02. The van der Waals surface area contributed by atoms with E-state index in [1.807, 2.05) is 25.2 Å². The van der Waals surface area contributed by atoms with Crippen LogP contribution in [-0.2, 0) is 6.54 Å². The van der Waals surface area contributed by atoms with Gasteiger partial charge in [0.15, 0.2) is 5.82 Å². The Labute approximate surface area is 93.1 Å². The molecular formula is C10H13N5O. The second-order valence-electron chi connectivity index (χ2n) is 3.24. The summed E-state index contributed by atoms with van der Waals surface area (Å²) in [5.41, 5.74) is 0. The van der Waals surface area contributed by atoms with E-state index < -0.39 is 0 Å². The predicted octanol–water partition coefficient (Wildman–Crippen LogP) is 1.43. The van der Waals surface area contributed by atoms with Gasteiger partial charge in [0.05, 0.1) is 6.54 Å². The van der Waals surface area contributed by atoms with Crippen LogP contribution in [0.5, 0.6) is 0 Å². The molecule has 0 atom stereocenters. The van der Waals surface area contributed by atoms with Gasteiger partial charge in [0.25, 0.3) is 0 Å². The van der Waals surface area contributed by atoms with Crippen LogP contribution in [0.25, 0.3) is 0 Å². The first-order valence-corrected chi connectivity index (χ1v) is 4.96. The number of nitrogens with one attached hydrogen (secondary N) is 2. The monoisotopic (exact) mass is 219 g/mol. The van der Waals surface area contributed by atoms with E-state index in [2.05, 4.69) is 25.8 Å². The molecule has 0 aromatic carbocycles. The summed E-state index contributed by atoms with van der Waals surface area (Å²) in [6.45, 7) is 2.26. The minimum absolute atomic E-state index is 0.498. The maximum atomic E-state index is 4.86. The van der Waals surface area contributed by atoms with E-state index in [0.29, 0.717) is 18.3 Å². The van der Waals surface area contributed by atoms with E-state index >= 15 is 0 Å². The molecule has 84 valence electrons. The largest absolute Gasteiger partial charge is 0.373 e. The fraction of sp³-hybridized carbons (Fsp3) is 0.300. The highest BCUT2D eigenvalue weighted by molar-refractivity contribution is 5.44. The normalized spacial score (nSPS) is 10.1. The van der Waals surface area contributed by atoms with Crippen LogP contribution >= 0.6 is 0 Å². The fourth-order valence-corrected chi connectivity index (χ4v) is 1.26. The second-order valence-corrected chi connectivity index (χ2v) is 3.24. The van der Waals surface area contributed by atoms with E-state index in [1.165, 1.54) is 0 Å². The number of pyridine rings is 1. The Morgan fingerprint density at radius 3 is 2.75 bits per heavy atom. The Hall–Kier alpha value is -2.11. The topological polar surface area (TPSA) is 75.9 Å². The average molecular weight is 219 g/mol. The van der Waals surface area contributed by atoms with Gasteiger partial charge in [-0.25, -0.2) is 4.98 Å². The molecule has 2 aromatic rings. The Kier molecular flexibility index (Phi) is 3.00. The summed E-state index contributed by atoms with van der Waals surface area (Å²) in [4.78, 5) is 8.39. The Bertz CT molecular complexity index is 468. The van der Waals surface area contributed by atoms with Crippen molar-refractivity contribution in [1.29, 1.82) is 0 Å². The molecule has 16 heavy (non-hydrogen) atoms. The molecule has 2 heterocycles. The van der Waals surface area contributed by atoms with Crippen molar-refractivity contribution < 1.29 is 4.52 Å². The number of hydrogen-bond acceptors (Lipinski definition) is 6. The van der Waals surface area contributed by atoms with E-state index in [0.717, 1.165) is 11.6 Å². The lowest BCUT2D eigenvalue weighted by molar-refractivity contribution is 0.388. The molecule has 2 rings (SSSR count). The molecule has 0 unspecified atom stereocenters. The third kappa shape index (κ3) is 2.47. The quantitative estimate of drug-likeness (QED) is 0.810. The summed E-state index contributed by atoms with van der Waals surface area (Å²) in [6.07, 6.45) is 0. The number of nitrogens with zero attached hydrogens (tertiary/aromatic N) is 3. The summed E-state index contributed by atoms with van der Waals surface area (Å²) in [6, 6.07) is 5.69. The molecule has 0 saturated heterocycles. The van der Waals surface area contributed by atoms with Crippen LogP contribution in [0.1, 0.15) is 11.7 Å². The standard InChI is InChI=1S/C10H13N5O/c1-7-13-10(15-16-7)6-12-9-5-3-4-8(11-2)14-9/h3-5H,6H2,1-2H3,(H2,11,12,14). The van der Waals surface area contributed by atoms with E-state index in [9.17, 15) is 0 Å². The van der Waals surface area contributed by atoms with Crippen molar-refractivity contribution in [2.75, 3.05) is 17.7 Å². The number of anilines is 2.